The minimum absolute atomic E-state index is 0.302. The number of para-hydroxylation sites is 1. The molecule has 0 saturated carbocycles. The lowest BCUT2D eigenvalue weighted by Gasteiger charge is -2.25. The number of benzene rings is 2. The predicted octanol–water partition coefficient (Wildman–Crippen LogP) is 3.08. The maximum atomic E-state index is 12.5. The van der Waals surface area contributed by atoms with Gasteiger partial charge in [0.15, 0.2) is 0 Å². The van der Waals surface area contributed by atoms with Crippen LogP contribution in [0.4, 0.5) is 11.4 Å². The molecule has 0 N–H and O–H groups in total. The Morgan fingerprint density at radius 2 is 1.71 bits per heavy atom. The van der Waals surface area contributed by atoms with E-state index in [0.29, 0.717) is 16.4 Å². The first-order valence-corrected chi connectivity index (χ1v) is 9.48. The zero-order valence-corrected chi connectivity index (χ0v) is 15.3. The van der Waals surface area contributed by atoms with Gasteiger partial charge in [0.25, 0.3) is 0 Å². The summed E-state index contributed by atoms with van der Waals surface area (Å²) in [4.78, 5) is 13.9. The van der Waals surface area contributed by atoms with Crippen LogP contribution in [0.5, 0.6) is 0 Å². The van der Waals surface area contributed by atoms with Crippen LogP contribution in [-0.2, 0) is 14.8 Å². The highest BCUT2D eigenvalue weighted by atomic mass is 35.5. The fourth-order valence-corrected chi connectivity index (χ4v) is 3.18. The molecule has 0 aliphatic carbocycles. The number of carbonyl (C=O) groups is 1. The summed E-state index contributed by atoms with van der Waals surface area (Å²) in [6.45, 7) is 1.52. The van der Waals surface area contributed by atoms with Gasteiger partial charge in [0, 0.05) is 17.8 Å². The van der Waals surface area contributed by atoms with E-state index < -0.39 is 10.0 Å². The van der Waals surface area contributed by atoms with Crippen LogP contribution in [0.3, 0.4) is 0 Å². The first-order chi connectivity index (χ1) is 11.2. The van der Waals surface area contributed by atoms with Crippen LogP contribution < -0.4 is 9.21 Å². The summed E-state index contributed by atoms with van der Waals surface area (Å²) in [5.41, 5.74) is 1.89. The molecule has 24 heavy (non-hydrogen) atoms. The summed E-state index contributed by atoms with van der Waals surface area (Å²) >= 11 is 6.09. The lowest BCUT2D eigenvalue weighted by molar-refractivity contribution is -0.116. The maximum absolute atomic E-state index is 12.5. The fraction of sp³-hybridized carbons (Fsp3) is 0.235. The molecule has 0 fully saturated rings. The molecule has 128 valence electrons. The number of hydrogen-bond donors (Lipinski definition) is 0. The minimum Gasteiger partial charge on any atom is -0.314 e. The number of nitrogens with zero attached hydrogens (tertiary/aromatic N) is 2. The number of aryl methyl sites for hydroxylation is 1. The van der Waals surface area contributed by atoms with Crippen molar-refractivity contribution in [2.75, 3.05) is 29.1 Å². The number of amides is 1. The van der Waals surface area contributed by atoms with Gasteiger partial charge in [-0.15, -0.1) is 0 Å². The van der Waals surface area contributed by atoms with E-state index in [1.54, 1.807) is 37.4 Å². The molecule has 0 aliphatic rings. The number of hydrogen-bond acceptors (Lipinski definition) is 3. The Balaban J connectivity index is 2.30. The van der Waals surface area contributed by atoms with Gasteiger partial charge < -0.3 is 4.90 Å². The van der Waals surface area contributed by atoms with E-state index in [9.17, 15) is 13.2 Å². The smallest absolute Gasteiger partial charge is 0.247 e. The van der Waals surface area contributed by atoms with Crippen molar-refractivity contribution in [1.82, 2.24) is 0 Å². The number of halogens is 1. The summed E-state index contributed by atoms with van der Waals surface area (Å²) in [7, 11) is -2.02. The lowest BCUT2D eigenvalue weighted by atomic mass is 10.2. The second-order valence-corrected chi connectivity index (χ2v) is 7.81. The largest absolute Gasteiger partial charge is 0.314 e. The van der Waals surface area contributed by atoms with Gasteiger partial charge in [-0.1, -0.05) is 35.9 Å². The number of anilines is 2. The van der Waals surface area contributed by atoms with E-state index in [1.807, 2.05) is 25.1 Å². The van der Waals surface area contributed by atoms with Crippen LogP contribution in [0.25, 0.3) is 0 Å². The van der Waals surface area contributed by atoms with Gasteiger partial charge in [-0.05, 0) is 36.8 Å². The van der Waals surface area contributed by atoms with Crippen molar-refractivity contribution in [2.45, 2.75) is 6.92 Å². The normalized spacial score (nSPS) is 11.2. The monoisotopic (exact) mass is 366 g/mol. The van der Waals surface area contributed by atoms with E-state index in [-0.39, 0.29) is 12.5 Å². The number of sulfonamides is 1. The van der Waals surface area contributed by atoms with Crippen molar-refractivity contribution in [3.05, 3.63) is 59.1 Å². The van der Waals surface area contributed by atoms with Crippen LogP contribution in [0.1, 0.15) is 5.56 Å². The highest BCUT2D eigenvalue weighted by molar-refractivity contribution is 7.92. The topological polar surface area (TPSA) is 57.7 Å². The average molecular weight is 367 g/mol. The molecule has 0 radical (unpaired) electrons. The molecule has 2 rings (SSSR count). The summed E-state index contributed by atoms with van der Waals surface area (Å²) in [6.07, 6.45) is 1.07. The summed E-state index contributed by atoms with van der Waals surface area (Å²) in [5.74, 6) is -0.344. The van der Waals surface area contributed by atoms with Crippen molar-refractivity contribution in [1.29, 1.82) is 0 Å². The number of rotatable bonds is 5. The molecule has 0 bridgehead atoms. The van der Waals surface area contributed by atoms with Crippen molar-refractivity contribution < 1.29 is 13.2 Å². The number of likely N-dealkylation sites (N-methyl/N-ethyl adjacent to an activating group) is 1. The average Bonchev–Trinajstić information content (AvgIpc) is 2.54. The standard InChI is InChI=1S/C17H19ClN2O3S/c1-13-9-10-15(11-16(13)18)20(24(3,22)23)12-17(21)19(2)14-7-5-4-6-8-14/h4-11H,12H2,1-3H3. The van der Waals surface area contributed by atoms with Crippen molar-refractivity contribution >= 4 is 38.9 Å². The fourth-order valence-electron chi connectivity index (χ4n) is 2.16. The maximum Gasteiger partial charge on any atom is 0.247 e. The molecule has 2 aromatic carbocycles. The van der Waals surface area contributed by atoms with Crippen LogP contribution >= 0.6 is 11.6 Å². The van der Waals surface area contributed by atoms with Gasteiger partial charge in [0.2, 0.25) is 15.9 Å². The quantitative estimate of drug-likeness (QED) is 0.817. The predicted molar refractivity (Wildman–Crippen MR) is 98.2 cm³/mol. The van der Waals surface area contributed by atoms with E-state index in [4.69, 9.17) is 11.6 Å². The van der Waals surface area contributed by atoms with Crippen LogP contribution in [-0.4, -0.2) is 34.2 Å². The van der Waals surface area contributed by atoms with Crippen molar-refractivity contribution in [3.63, 3.8) is 0 Å². The molecule has 0 unspecified atom stereocenters. The molecule has 0 aliphatic heterocycles. The molecular weight excluding hydrogens is 348 g/mol. The first-order valence-electron chi connectivity index (χ1n) is 7.25. The molecule has 2 aromatic rings. The van der Waals surface area contributed by atoms with E-state index in [2.05, 4.69) is 0 Å². The second kappa shape index (κ2) is 7.23. The van der Waals surface area contributed by atoms with Crippen molar-refractivity contribution in [3.8, 4) is 0 Å². The third kappa shape index (κ3) is 4.27. The third-order valence-corrected chi connectivity index (χ3v) is 5.19. The Bertz CT molecular complexity index is 838. The Morgan fingerprint density at radius 1 is 1.08 bits per heavy atom. The Labute approximate surface area is 147 Å². The SMILES string of the molecule is Cc1ccc(N(CC(=O)N(C)c2ccccc2)S(C)(=O)=O)cc1Cl. The van der Waals surface area contributed by atoms with Crippen LogP contribution in [0.15, 0.2) is 48.5 Å². The van der Waals surface area contributed by atoms with E-state index in [1.165, 1.54) is 4.90 Å². The minimum atomic E-state index is -3.63. The van der Waals surface area contributed by atoms with Crippen LogP contribution in [0, 0.1) is 6.92 Å². The summed E-state index contributed by atoms with van der Waals surface area (Å²) in [6, 6.07) is 13.9. The Hall–Kier alpha value is -2.05. The van der Waals surface area contributed by atoms with E-state index >= 15 is 0 Å². The molecular formula is C17H19ClN2O3S. The molecule has 0 aromatic heterocycles. The lowest BCUT2D eigenvalue weighted by Crippen LogP contribution is -2.41. The molecule has 0 atom stereocenters. The van der Waals surface area contributed by atoms with Gasteiger partial charge in [0.05, 0.1) is 11.9 Å². The van der Waals surface area contributed by atoms with E-state index in [0.717, 1.165) is 16.1 Å². The molecule has 5 nitrogen and oxygen atoms in total. The second-order valence-electron chi connectivity index (χ2n) is 5.49. The van der Waals surface area contributed by atoms with Crippen molar-refractivity contribution in [2.24, 2.45) is 0 Å². The summed E-state index contributed by atoms with van der Waals surface area (Å²) in [5, 5.41) is 0.449. The molecule has 0 heterocycles. The highest BCUT2D eigenvalue weighted by Crippen LogP contribution is 2.25. The summed E-state index contributed by atoms with van der Waals surface area (Å²) < 4.78 is 25.3. The third-order valence-electron chi connectivity index (χ3n) is 3.64. The molecule has 0 spiro atoms. The van der Waals surface area contributed by atoms with Gasteiger partial charge in [-0.3, -0.25) is 9.10 Å². The molecule has 1 amide bonds. The van der Waals surface area contributed by atoms with Gasteiger partial charge in [0.1, 0.15) is 6.54 Å². The van der Waals surface area contributed by atoms with Crippen LogP contribution in [0.2, 0.25) is 5.02 Å². The highest BCUT2D eigenvalue weighted by Gasteiger charge is 2.23. The zero-order chi connectivity index (χ0) is 17.9. The molecule has 7 heteroatoms. The first kappa shape index (κ1) is 18.3. The van der Waals surface area contributed by atoms with Gasteiger partial charge >= 0.3 is 0 Å². The Morgan fingerprint density at radius 3 is 2.25 bits per heavy atom. The molecule has 0 saturated heterocycles. The Kier molecular flexibility index (Phi) is 5.51. The zero-order valence-electron chi connectivity index (χ0n) is 13.7. The van der Waals surface area contributed by atoms with Gasteiger partial charge in [-0.2, -0.15) is 0 Å². The number of carbonyl (C=O) groups excluding carboxylic acids is 1. The van der Waals surface area contributed by atoms with Gasteiger partial charge in [-0.25, -0.2) is 8.42 Å².